The lowest BCUT2D eigenvalue weighted by Crippen LogP contribution is -2.08. The van der Waals surface area contributed by atoms with Gasteiger partial charge in [0.05, 0.1) is 4.05 Å². The molecule has 0 spiro atoms. The van der Waals surface area contributed by atoms with Crippen LogP contribution in [0.4, 0.5) is 5.82 Å². The Balaban J connectivity index is 2.78. The van der Waals surface area contributed by atoms with Crippen molar-refractivity contribution in [3.63, 3.8) is 0 Å². The maximum Gasteiger partial charge on any atom is 0.129 e. The average molecular weight is 262 g/mol. The van der Waals surface area contributed by atoms with E-state index < -0.39 is 0 Å². The van der Waals surface area contributed by atoms with Crippen LogP contribution in [0.5, 0.6) is 0 Å². The van der Waals surface area contributed by atoms with E-state index in [1.54, 1.807) is 6.20 Å². The molecule has 0 aliphatic heterocycles. The van der Waals surface area contributed by atoms with Crippen LogP contribution in [0, 0.1) is 6.92 Å². The van der Waals surface area contributed by atoms with E-state index in [9.17, 15) is 0 Å². The quantitative estimate of drug-likeness (QED) is 0.503. The minimum atomic E-state index is 0.418. The molecule has 60 valence electrons. The standard InChI is InChI=1S/C8H11IN2/c1-6-4-3-5-10-8(6)11-7(2)9/h3-5,7H,1-2H3,(H,10,11). The summed E-state index contributed by atoms with van der Waals surface area (Å²) in [5.74, 6) is 0.981. The molecule has 0 aliphatic carbocycles. The number of nitrogens with zero attached hydrogens (tertiary/aromatic N) is 1. The molecule has 3 heteroatoms. The number of aryl methyl sites for hydroxylation is 1. The van der Waals surface area contributed by atoms with Gasteiger partial charge in [-0.05, 0) is 25.5 Å². The molecule has 0 bridgehead atoms. The van der Waals surface area contributed by atoms with Gasteiger partial charge in [0.1, 0.15) is 5.82 Å². The van der Waals surface area contributed by atoms with Gasteiger partial charge in [0.2, 0.25) is 0 Å². The number of alkyl halides is 1. The van der Waals surface area contributed by atoms with Crippen molar-refractivity contribution in [1.29, 1.82) is 0 Å². The Kier molecular flexibility index (Phi) is 3.11. The zero-order chi connectivity index (χ0) is 8.27. The van der Waals surface area contributed by atoms with E-state index in [1.807, 2.05) is 19.1 Å². The van der Waals surface area contributed by atoms with Gasteiger partial charge in [-0.2, -0.15) is 0 Å². The monoisotopic (exact) mass is 262 g/mol. The Morgan fingerprint density at radius 1 is 1.64 bits per heavy atom. The molecular weight excluding hydrogens is 251 g/mol. The summed E-state index contributed by atoms with van der Waals surface area (Å²) in [4.78, 5) is 4.20. The highest BCUT2D eigenvalue weighted by atomic mass is 127. The molecule has 1 unspecified atom stereocenters. The third kappa shape index (κ3) is 2.65. The van der Waals surface area contributed by atoms with Crippen LogP contribution < -0.4 is 5.32 Å². The van der Waals surface area contributed by atoms with Crippen LogP contribution in [0.3, 0.4) is 0 Å². The number of rotatable bonds is 2. The number of pyridine rings is 1. The fraction of sp³-hybridized carbons (Fsp3) is 0.375. The predicted molar refractivity (Wildman–Crippen MR) is 56.1 cm³/mol. The normalized spacial score (nSPS) is 12.6. The van der Waals surface area contributed by atoms with Gasteiger partial charge >= 0.3 is 0 Å². The van der Waals surface area contributed by atoms with E-state index in [1.165, 1.54) is 5.56 Å². The molecular formula is C8H11IN2. The van der Waals surface area contributed by atoms with Crippen molar-refractivity contribution in [1.82, 2.24) is 4.98 Å². The van der Waals surface area contributed by atoms with E-state index in [0.29, 0.717) is 4.05 Å². The lowest BCUT2D eigenvalue weighted by atomic mass is 10.3. The molecule has 11 heavy (non-hydrogen) atoms. The van der Waals surface area contributed by atoms with E-state index in [2.05, 4.69) is 39.8 Å². The fourth-order valence-corrected chi connectivity index (χ4v) is 1.12. The molecule has 0 aromatic carbocycles. The lowest BCUT2D eigenvalue weighted by Gasteiger charge is -2.08. The number of hydrogen-bond acceptors (Lipinski definition) is 2. The van der Waals surface area contributed by atoms with Crippen LogP contribution in [-0.2, 0) is 0 Å². The minimum absolute atomic E-state index is 0.418. The highest BCUT2D eigenvalue weighted by Gasteiger charge is 1.99. The van der Waals surface area contributed by atoms with Crippen molar-refractivity contribution in [3.05, 3.63) is 23.9 Å². The number of anilines is 1. The summed E-state index contributed by atoms with van der Waals surface area (Å²) in [6.45, 7) is 4.14. The van der Waals surface area contributed by atoms with E-state index in [4.69, 9.17) is 0 Å². The molecule has 1 heterocycles. The summed E-state index contributed by atoms with van der Waals surface area (Å²) in [6.07, 6.45) is 1.80. The molecule has 0 radical (unpaired) electrons. The first kappa shape index (κ1) is 8.77. The first-order chi connectivity index (χ1) is 5.20. The summed E-state index contributed by atoms with van der Waals surface area (Å²) in [5, 5.41) is 3.25. The smallest absolute Gasteiger partial charge is 0.129 e. The molecule has 0 saturated heterocycles. The second kappa shape index (κ2) is 3.90. The van der Waals surface area contributed by atoms with Crippen molar-refractivity contribution in [2.75, 3.05) is 5.32 Å². The number of nitrogens with one attached hydrogen (secondary N) is 1. The number of aromatic nitrogens is 1. The molecule has 0 saturated carbocycles. The van der Waals surface area contributed by atoms with Crippen molar-refractivity contribution in [3.8, 4) is 0 Å². The van der Waals surface area contributed by atoms with Gasteiger partial charge in [-0.25, -0.2) is 4.98 Å². The maximum atomic E-state index is 4.20. The molecule has 2 nitrogen and oxygen atoms in total. The van der Waals surface area contributed by atoms with Crippen LogP contribution in [0.25, 0.3) is 0 Å². The third-order valence-electron chi connectivity index (χ3n) is 1.35. The molecule has 1 atom stereocenters. The fourth-order valence-electron chi connectivity index (χ4n) is 0.825. The molecule has 1 N–H and O–H groups in total. The predicted octanol–water partition coefficient (Wildman–Crippen LogP) is 2.58. The summed E-state index contributed by atoms with van der Waals surface area (Å²) < 4.78 is 0.418. The van der Waals surface area contributed by atoms with Gasteiger partial charge < -0.3 is 5.32 Å². The van der Waals surface area contributed by atoms with Crippen molar-refractivity contribution < 1.29 is 0 Å². The largest absolute Gasteiger partial charge is 0.358 e. The second-order valence-electron chi connectivity index (χ2n) is 2.43. The lowest BCUT2D eigenvalue weighted by molar-refractivity contribution is 1.11. The van der Waals surface area contributed by atoms with Crippen molar-refractivity contribution >= 4 is 28.4 Å². The van der Waals surface area contributed by atoms with Gasteiger partial charge in [-0.15, -0.1) is 0 Å². The van der Waals surface area contributed by atoms with Crippen LogP contribution in [-0.4, -0.2) is 9.03 Å². The molecule has 0 fully saturated rings. The van der Waals surface area contributed by atoms with Crippen molar-refractivity contribution in [2.45, 2.75) is 17.9 Å². The van der Waals surface area contributed by atoms with Gasteiger partial charge in [0, 0.05) is 6.20 Å². The third-order valence-corrected chi connectivity index (χ3v) is 1.66. The Bertz CT molecular complexity index is 235. The van der Waals surface area contributed by atoms with E-state index in [0.717, 1.165) is 5.82 Å². The highest BCUT2D eigenvalue weighted by molar-refractivity contribution is 14.1. The van der Waals surface area contributed by atoms with Crippen LogP contribution >= 0.6 is 22.6 Å². The molecule has 1 aromatic rings. The van der Waals surface area contributed by atoms with E-state index >= 15 is 0 Å². The summed E-state index contributed by atoms with van der Waals surface area (Å²) in [6, 6.07) is 3.99. The summed E-state index contributed by atoms with van der Waals surface area (Å²) >= 11 is 2.31. The Labute approximate surface area is 80.6 Å². The van der Waals surface area contributed by atoms with Crippen LogP contribution in [0.1, 0.15) is 12.5 Å². The maximum absolute atomic E-state index is 4.20. The highest BCUT2D eigenvalue weighted by Crippen LogP contribution is 2.12. The van der Waals surface area contributed by atoms with Crippen LogP contribution in [0.2, 0.25) is 0 Å². The molecule has 0 amide bonds. The number of halogens is 1. The van der Waals surface area contributed by atoms with Gasteiger partial charge in [0.15, 0.2) is 0 Å². The first-order valence-corrected chi connectivity index (χ1v) is 4.77. The van der Waals surface area contributed by atoms with Gasteiger partial charge in [0.25, 0.3) is 0 Å². The zero-order valence-corrected chi connectivity index (χ0v) is 8.79. The summed E-state index contributed by atoms with van der Waals surface area (Å²) in [7, 11) is 0. The number of hydrogen-bond donors (Lipinski definition) is 1. The minimum Gasteiger partial charge on any atom is -0.358 e. The molecule has 1 rings (SSSR count). The van der Waals surface area contributed by atoms with Gasteiger partial charge in [-0.1, -0.05) is 28.7 Å². The Morgan fingerprint density at radius 3 is 2.91 bits per heavy atom. The van der Waals surface area contributed by atoms with Gasteiger partial charge in [-0.3, -0.25) is 0 Å². The Hall–Kier alpha value is -0.320. The average Bonchev–Trinajstić information content (AvgIpc) is 1.93. The molecule has 0 aliphatic rings. The van der Waals surface area contributed by atoms with Crippen LogP contribution in [0.15, 0.2) is 18.3 Å². The van der Waals surface area contributed by atoms with E-state index in [-0.39, 0.29) is 0 Å². The topological polar surface area (TPSA) is 24.9 Å². The SMILES string of the molecule is Cc1cccnc1NC(C)I. The molecule has 1 aromatic heterocycles. The zero-order valence-electron chi connectivity index (χ0n) is 6.63. The van der Waals surface area contributed by atoms with Crippen molar-refractivity contribution in [2.24, 2.45) is 0 Å². The summed E-state index contributed by atoms with van der Waals surface area (Å²) in [5.41, 5.74) is 1.19. The first-order valence-electron chi connectivity index (χ1n) is 3.52. The second-order valence-corrected chi connectivity index (χ2v) is 4.30. The Morgan fingerprint density at radius 2 is 2.36 bits per heavy atom.